The summed E-state index contributed by atoms with van der Waals surface area (Å²) in [5.74, 6) is 0.0589. The molecule has 0 saturated heterocycles. The second kappa shape index (κ2) is 6.65. The Morgan fingerprint density at radius 3 is 2.43 bits per heavy atom. The third kappa shape index (κ3) is 5.13. The number of furan rings is 1. The van der Waals surface area contributed by atoms with Gasteiger partial charge in [-0.05, 0) is 24.3 Å². The minimum Gasteiger partial charge on any atom is -0.478 e. The lowest BCUT2D eigenvalue weighted by molar-refractivity contribution is 0.0695. The van der Waals surface area contributed by atoms with Crippen molar-refractivity contribution >= 4 is 12.0 Å². The Kier molecular flexibility index (Phi) is 5.41. The van der Waals surface area contributed by atoms with Crippen LogP contribution in [0.2, 0.25) is 0 Å². The average molecular weight is 296 g/mol. The quantitative estimate of drug-likeness (QED) is 0.779. The molecule has 6 nitrogen and oxygen atoms in total. The summed E-state index contributed by atoms with van der Waals surface area (Å²) < 4.78 is 5.28. The van der Waals surface area contributed by atoms with Gasteiger partial charge in [0.05, 0.1) is 6.54 Å². The summed E-state index contributed by atoms with van der Waals surface area (Å²) in [6.45, 7) is 10.8. The lowest BCUT2D eigenvalue weighted by Crippen LogP contribution is -2.39. The zero-order valence-corrected chi connectivity index (χ0v) is 13.2. The fourth-order valence-corrected chi connectivity index (χ4v) is 1.63. The lowest BCUT2D eigenvalue weighted by atomic mass is 9.82. The highest BCUT2D eigenvalue weighted by atomic mass is 16.4. The van der Waals surface area contributed by atoms with Crippen LogP contribution in [0.5, 0.6) is 0 Å². The van der Waals surface area contributed by atoms with Crippen molar-refractivity contribution in [3.8, 4) is 0 Å². The molecule has 118 valence electrons. The Hall–Kier alpha value is -1.98. The summed E-state index contributed by atoms with van der Waals surface area (Å²) in [6.07, 6.45) is 0. The molecule has 1 heterocycles. The Bertz CT molecular complexity index is 514. The number of carbonyl (C=O) groups excluding carboxylic acids is 1. The minimum atomic E-state index is -1.04. The van der Waals surface area contributed by atoms with Crippen molar-refractivity contribution in [1.29, 1.82) is 0 Å². The summed E-state index contributed by atoms with van der Waals surface area (Å²) in [6, 6.07) is 1.13. The van der Waals surface area contributed by atoms with Crippen LogP contribution in [0.15, 0.2) is 10.5 Å². The van der Waals surface area contributed by atoms with Crippen molar-refractivity contribution in [2.45, 2.75) is 41.2 Å². The molecule has 1 unspecified atom stereocenters. The Balaban J connectivity index is 2.43. The number of rotatable bonds is 5. The Labute approximate surface area is 124 Å². The van der Waals surface area contributed by atoms with E-state index in [2.05, 4.69) is 38.3 Å². The predicted molar refractivity (Wildman–Crippen MR) is 79.3 cm³/mol. The molecule has 0 spiro atoms. The molecule has 1 rings (SSSR count). The van der Waals surface area contributed by atoms with Gasteiger partial charge in [0.2, 0.25) is 0 Å². The fraction of sp³-hybridized carbons (Fsp3) is 0.600. The molecular formula is C15H24N2O4. The standard InChI is InChI=1S/C15H24N2O4/c1-9(15(3,4)5)7-16-14(20)17-8-11-6-12(13(18)19)10(2)21-11/h6,9H,7-8H2,1-5H3,(H,18,19)(H2,16,17,20). The van der Waals surface area contributed by atoms with E-state index < -0.39 is 5.97 Å². The van der Waals surface area contributed by atoms with Gasteiger partial charge in [-0.1, -0.05) is 27.7 Å². The third-order valence-corrected chi connectivity index (χ3v) is 3.67. The predicted octanol–water partition coefficient (Wildman–Crippen LogP) is 2.77. The molecule has 21 heavy (non-hydrogen) atoms. The van der Waals surface area contributed by atoms with E-state index in [0.717, 1.165) is 0 Å². The van der Waals surface area contributed by atoms with Crippen LogP contribution < -0.4 is 10.6 Å². The molecule has 0 aliphatic heterocycles. The maximum Gasteiger partial charge on any atom is 0.339 e. The average Bonchev–Trinajstić information content (AvgIpc) is 2.73. The van der Waals surface area contributed by atoms with Crippen LogP contribution in [0.3, 0.4) is 0 Å². The van der Waals surface area contributed by atoms with Crippen LogP contribution in [-0.4, -0.2) is 23.7 Å². The fourth-order valence-electron chi connectivity index (χ4n) is 1.63. The van der Waals surface area contributed by atoms with Gasteiger partial charge < -0.3 is 20.2 Å². The van der Waals surface area contributed by atoms with E-state index in [-0.39, 0.29) is 23.6 Å². The first-order valence-electron chi connectivity index (χ1n) is 6.95. The summed E-state index contributed by atoms with van der Waals surface area (Å²) >= 11 is 0. The summed E-state index contributed by atoms with van der Waals surface area (Å²) in [5.41, 5.74) is 0.246. The number of carboxylic acid groups (broad SMARTS) is 1. The highest BCUT2D eigenvalue weighted by Gasteiger charge is 2.20. The van der Waals surface area contributed by atoms with Crippen LogP contribution >= 0.6 is 0 Å². The van der Waals surface area contributed by atoms with E-state index in [0.29, 0.717) is 24.0 Å². The van der Waals surface area contributed by atoms with Gasteiger partial charge in [-0.3, -0.25) is 0 Å². The van der Waals surface area contributed by atoms with Crippen LogP contribution in [0.4, 0.5) is 4.79 Å². The van der Waals surface area contributed by atoms with Crippen molar-refractivity contribution in [1.82, 2.24) is 10.6 Å². The zero-order chi connectivity index (χ0) is 16.2. The van der Waals surface area contributed by atoms with E-state index >= 15 is 0 Å². The summed E-state index contributed by atoms with van der Waals surface area (Å²) in [5, 5.41) is 14.4. The monoisotopic (exact) mass is 296 g/mol. The van der Waals surface area contributed by atoms with Gasteiger partial charge in [0, 0.05) is 6.54 Å². The number of amides is 2. The number of aromatic carboxylic acids is 1. The molecule has 0 fully saturated rings. The smallest absolute Gasteiger partial charge is 0.339 e. The van der Waals surface area contributed by atoms with Gasteiger partial charge in [-0.25, -0.2) is 9.59 Å². The molecule has 6 heteroatoms. The molecule has 0 radical (unpaired) electrons. The molecule has 0 aliphatic carbocycles. The largest absolute Gasteiger partial charge is 0.478 e. The van der Waals surface area contributed by atoms with E-state index in [4.69, 9.17) is 9.52 Å². The van der Waals surface area contributed by atoms with Crippen LogP contribution in [0.1, 0.15) is 49.6 Å². The first-order chi connectivity index (χ1) is 9.61. The normalized spacial score (nSPS) is 12.8. The number of nitrogens with one attached hydrogen (secondary N) is 2. The number of aryl methyl sites for hydroxylation is 1. The van der Waals surface area contributed by atoms with E-state index in [1.807, 2.05) is 0 Å². The summed E-state index contributed by atoms with van der Waals surface area (Å²) in [7, 11) is 0. The van der Waals surface area contributed by atoms with Crippen molar-refractivity contribution < 1.29 is 19.1 Å². The highest BCUT2D eigenvalue weighted by Crippen LogP contribution is 2.24. The molecule has 2 amide bonds. The maximum absolute atomic E-state index is 11.7. The number of hydrogen-bond donors (Lipinski definition) is 3. The first kappa shape index (κ1) is 17.1. The Morgan fingerprint density at radius 2 is 1.95 bits per heavy atom. The molecule has 1 atom stereocenters. The van der Waals surface area contributed by atoms with Crippen LogP contribution in [0.25, 0.3) is 0 Å². The maximum atomic E-state index is 11.7. The first-order valence-corrected chi connectivity index (χ1v) is 6.95. The lowest BCUT2D eigenvalue weighted by Gasteiger charge is -2.27. The molecule has 1 aromatic rings. The van der Waals surface area contributed by atoms with Crippen molar-refractivity contribution in [2.24, 2.45) is 11.3 Å². The number of urea groups is 1. The van der Waals surface area contributed by atoms with Crippen molar-refractivity contribution in [3.05, 3.63) is 23.2 Å². The molecule has 1 aromatic heterocycles. The van der Waals surface area contributed by atoms with E-state index in [1.54, 1.807) is 6.92 Å². The Morgan fingerprint density at radius 1 is 1.33 bits per heavy atom. The summed E-state index contributed by atoms with van der Waals surface area (Å²) in [4.78, 5) is 22.6. The SMILES string of the molecule is Cc1oc(CNC(=O)NCC(C)C(C)(C)C)cc1C(=O)O. The van der Waals surface area contributed by atoms with Gasteiger partial charge in [-0.2, -0.15) is 0 Å². The highest BCUT2D eigenvalue weighted by molar-refractivity contribution is 5.88. The van der Waals surface area contributed by atoms with E-state index in [1.165, 1.54) is 6.07 Å². The molecule has 0 saturated carbocycles. The molecule has 0 bridgehead atoms. The second-order valence-corrected chi connectivity index (χ2v) is 6.32. The number of carboxylic acids is 1. The molecule has 0 aromatic carbocycles. The zero-order valence-electron chi connectivity index (χ0n) is 13.2. The molecule has 0 aliphatic rings. The second-order valence-electron chi connectivity index (χ2n) is 6.32. The van der Waals surface area contributed by atoms with Gasteiger partial charge in [0.25, 0.3) is 0 Å². The third-order valence-electron chi connectivity index (χ3n) is 3.67. The van der Waals surface area contributed by atoms with Gasteiger partial charge >= 0.3 is 12.0 Å². The van der Waals surface area contributed by atoms with Gasteiger partial charge in [0.15, 0.2) is 0 Å². The topological polar surface area (TPSA) is 91.6 Å². The molecular weight excluding hydrogens is 272 g/mol. The van der Waals surface area contributed by atoms with Crippen LogP contribution in [0, 0.1) is 18.3 Å². The number of hydrogen-bond acceptors (Lipinski definition) is 3. The molecule has 3 N–H and O–H groups in total. The van der Waals surface area contributed by atoms with Crippen LogP contribution in [-0.2, 0) is 6.54 Å². The van der Waals surface area contributed by atoms with Crippen molar-refractivity contribution in [3.63, 3.8) is 0 Å². The minimum absolute atomic E-state index is 0.119. The van der Waals surface area contributed by atoms with E-state index in [9.17, 15) is 9.59 Å². The van der Waals surface area contributed by atoms with Gasteiger partial charge in [0.1, 0.15) is 17.1 Å². The van der Waals surface area contributed by atoms with Crippen molar-refractivity contribution in [2.75, 3.05) is 6.54 Å². The number of carbonyl (C=O) groups is 2. The van der Waals surface area contributed by atoms with Gasteiger partial charge in [-0.15, -0.1) is 0 Å².